The van der Waals surface area contributed by atoms with Gasteiger partial charge in [-0.15, -0.1) is 0 Å². The molecule has 1 heterocycles. The maximum atomic E-state index is 12.5. The number of carboxylic acid groups (broad SMARTS) is 1. The standard InChI is InChI=1S/C14H27NO4Si/c1-10(9-14(2,3)20(4,5)19)12(16)15-8-6-7-11(15)13(17)18/h10-11,19H,6-9H2,1-5H3,(H,17,18)/t10-,11-/m0/s1. The first-order valence-corrected chi connectivity index (χ1v) is 10.2. The molecule has 0 bridgehead atoms. The second-order valence-corrected chi connectivity index (χ2v) is 11.5. The van der Waals surface area contributed by atoms with Crippen LogP contribution in [0.3, 0.4) is 0 Å². The number of nitrogens with zero attached hydrogens (tertiary/aromatic N) is 1. The van der Waals surface area contributed by atoms with Crippen molar-refractivity contribution in [2.75, 3.05) is 6.54 Å². The summed E-state index contributed by atoms with van der Waals surface area (Å²) in [6.45, 7) is 10.1. The van der Waals surface area contributed by atoms with Crippen molar-refractivity contribution in [3.8, 4) is 0 Å². The molecule has 2 N–H and O–H groups in total. The summed E-state index contributed by atoms with van der Waals surface area (Å²) in [6, 6.07) is -0.674. The number of rotatable bonds is 5. The van der Waals surface area contributed by atoms with Crippen molar-refractivity contribution in [3.63, 3.8) is 0 Å². The van der Waals surface area contributed by atoms with Crippen molar-refractivity contribution < 1.29 is 19.5 Å². The van der Waals surface area contributed by atoms with Gasteiger partial charge in [0.05, 0.1) is 0 Å². The molecule has 0 aliphatic carbocycles. The number of hydrogen-bond donors (Lipinski definition) is 2. The molecule has 0 aromatic rings. The largest absolute Gasteiger partial charge is 0.480 e. The zero-order valence-corrected chi connectivity index (χ0v) is 14.1. The van der Waals surface area contributed by atoms with E-state index in [9.17, 15) is 14.4 Å². The van der Waals surface area contributed by atoms with Gasteiger partial charge >= 0.3 is 5.97 Å². The summed E-state index contributed by atoms with van der Waals surface area (Å²) in [5.74, 6) is -1.27. The average Bonchev–Trinajstić information content (AvgIpc) is 2.74. The van der Waals surface area contributed by atoms with Crippen LogP contribution in [-0.2, 0) is 9.59 Å². The van der Waals surface area contributed by atoms with Gasteiger partial charge in [-0.1, -0.05) is 20.8 Å². The highest BCUT2D eigenvalue weighted by Gasteiger charge is 2.42. The fourth-order valence-corrected chi connectivity index (χ4v) is 3.48. The fraction of sp³-hybridized carbons (Fsp3) is 0.857. The van der Waals surface area contributed by atoms with Gasteiger partial charge < -0.3 is 14.8 Å². The topological polar surface area (TPSA) is 77.8 Å². The molecular formula is C14H27NO4Si. The molecule has 1 amide bonds. The molecule has 0 unspecified atom stereocenters. The van der Waals surface area contributed by atoms with Crippen molar-refractivity contribution in [1.29, 1.82) is 0 Å². The molecule has 2 atom stereocenters. The molecule has 0 spiro atoms. The number of aliphatic carboxylic acids is 1. The van der Waals surface area contributed by atoms with Crippen LogP contribution in [0.5, 0.6) is 0 Å². The summed E-state index contributed by atoms with van der Waals surface area (Å²) in [6.07, 6.45) is 1.88. The fourth-order valence-electron chi connectivity index (χ4n) is 2.67. The molecule has 116 valence electrons. The summed E-state index contributed by atoms with van der Waals surface area (Å²) >= 11 is 0. The number of carbonyl (C=O) groups excluding carboxylic acids is 1. The van der Waals surface area contributed by atoms with Crippen LogP contribution in [0.1, 0.15) is 40.0 Å². The molecule has 1 rings (SSSR count). The Morgan fingerprint density at radius 3 is 2.40 bits per heavy atom. The predicted octanol–water partition coefficient (Wildman–Crippen LogP) is 2.07. The summed E-state index contributed by atoms with van der Waals surface area (Å²) < 4.78 is 0. The Bertz CT molecular complexity index is 389. The van der Waals surface area contributed by atoms with Gasteiger partial charge in [0, 0.05) is 12.5 Å². The first kappa shape index (κ1) is 17.2. The lowest BCUT2D eigenvalue weighted by Gasteiger charge is -2.37. The van der Waals surface area contributed by atoms with Crippen LogP contribution in [0.2, 0.25) is 18.1 Å². The van der Waals surface area contributed by atoms with Crippen molar-refractivity contribution >= 4 is 20.2 Å². The molecule has 20 heavy (non-hydrogen) atoms. The van der Waals surface area contributed by atoms with Crippen LogP contribution in [0.4, 0.5) is 0 Å². The molecule has 0 aromatic carbocycles. The quantitative estimate of drug-likeness (QED) is 0.762. The van der Waals surface area contributed by atoms with Gasteiger partial charge in [-0.3, -0.25) is 4.79 Å². The van der Waals surface area contributed by atoms with E-state index in [1.807, 2.05) is 33.9 Å². The van der Waals surface area contributed by atoms with Gasteiger partial charge in [-0.05, 0) is 37.4 Å². The number of hydrogen-bond acceptors (Lipinski definition) is 3. The van der Waals surface area contributed by atoms with Crippen LogP contribution in [0, 0.1) is 5.92 Å². The number of amides is 1. The lowest BCUT2D eigenvalue weighted by atomic mass is 9.96. The van der Waals surface area contributed by atoms with E-state index >= 15 is 0 Å². The maximum Gasteiger partial charge on any atom is 0.326 e. The SMILES string of the molecule is C[C@@H](CC(C)(C)[Si](C)(C)O)C(=O)N1CCC[C@H]1C(=O)O. The molecule has 0 radical (unpaired) electrons. The number of carbonyl (C=O) groups is 2. The van der Waals surface area contributed by atoms with Gasteiger partial charge in [0.25, 0.3) is 0 Å². The highest BCUT2D eigenvalue weighted by molar-refractivity contribution is 6.72. The van der Waals surface area contributed by atoms with E-state index in [1.165, 1.54) is 4.90 Å². The van der Waals surface area contributed by atoms with E-state index < -0.39 is 20.3 Å². The Kier molecular flexibility index (Phi) is 5.02. The van der Waals surface area contributed by atoms with E-state index in [1.54, 1.807) is 0 Å². The van der Waals surface area contributed by atoms with Gasteiger partial charge in [0.15, 0.2) is 8.32 Å². The van der Waals surface area contributed by atoms with Crippen LogP contribution < -0.4 is 0 Å². The molecule has 0 saturated carbocycles. The summed E-state index contributed by atoms with van der Waals surface area (Å²) in [7, 11) is -2.36. The minimum atomic E-state index is -2.36. The van der Waals surface area contributed by atoms with Crippen molar-refractivity contribution in [2.24, 2.45) is 5.92 Å². The van der Waals surface area contributed by atoms with Crippen LogP contribution in [0.15, 0.2) is 0 Å². The van der Waals surface area contributed by atoms with Crippen LogP contribution >= 0.6 is 0 Å². The van der Waals surface area contributed by atoms with Crippen molar-refractivity contribution in [2.45, 2.75) is 64.2 Å². The Labute approximate surface area is 122 Å². The minimum absolute atomic E-state index is 0.0961. The monoisotopic (exact) mass is 301 g/mol. The summed E-state index contributed by atoms with van der Waals surface area (Å²) in [5.41, 5.74) is 0. The van der Waals surface area contributed by atoms with E-state index in [-0.39, 0.29) is 16.9 Å². The number of carboxylic acids is 1. The molecule has 1 saturated heterocycles. The summed E-state index contributed by atoms with van der Waals surface area (Å²) in [5, 5.41) is 8.87. The van der Waals surface area contributed by atoms with Gasteiger partial charge in [0.1, 0.15) is 6.04 Å². The molecule has 1 fully saturated rings. The average molecular weight is 301 g/mol. The van der Waals surface area contributed by atoms with E-state index in [0.717, 1.165) is 6.42 Å². The Morgan fingerprint density at radius 2 is 1.95 bits per heavy atom. The van der Waals surface area contributed by atoms with Crippen molar-refractivity contribution in [1.82, 2.24) is 4.90 Å². The highest BCUT2D eigenvalue weighted by atomic mass is 28.4. The van der Waals surface area contributed by atoms with Crippen LogP contribution in [0.25, 0.3) is 0 Å². The third kappa shape index (κ3) is 3.61. The normalized spacial score (nSPS) is 21.9. The van der Waals surface area contributed by atoms with Crippen molar-refractivity contribution in [3.05, 3.63) is 0 Å². The zero-order chi connectivity index (χ0) is 15.7. The second-order valence-electron chi connectivity index (χ2n) is 7.08. The second kappa shape index (κ2) is 5.85. The summed E-state index contributed by atoms with van der Waals surface area (Å²) in [4.78, 5) is 35.4. The molecule has 1 aliphatic heterocycles. The van der Waals surface area contributed by atoms with Crippen LogP contribution in [-0.4, -0.2) is 47.6 Å². The van der Waals surface area contributed by atoms with E-state index in [0.29, 0.717) is 19.4 Å². The lowest BCUT2D eigenvalue weighted by Crippen LogP contribution is -2.45. The molecule has 5 nitrogen and oxygen atoms in total. The zero-order valence-electron chi connectivity index (χ0n) is 13.1. The number of likely N-dealkylation sites (tertiary alicyclic amines) is 1. The smallest absolute Gasteiger partial charge is 0.326 e. The third-order valence-electron chi connectivity index (χ3n) is 4.72. The molecule has 6 heteroatoms. The maximum absolute atomic E-state index is 12.5. The Balaban J connectivity index is 2.75. The predicted molar refractivity (Wildman–Crippen MR) is 79.9 cm³/mol. The molecule has 0 aromatic heterocycles. The molecular weight excluding hydrogens is 274 g/mol. The first-order valence-electron chi connectivity index (χ1n) is 7.23. The highest BCUT2D eigenvalue weighted by Crippen LogP contribution is 2.42. The van der Waals surface area contributed by atoms with Gasteiger partial charge in [0.2, 0.25) is 5.91 Å². The lowest BCUT2D eigenvalue weighted by molar-refractivity contribution is -0.149. The minimum Gasteiger partial charge on any atom is -0.480 e. The van der Waals surface area contributed by atoms with Gasteiger partial charge in [-0.2, -0.15) is 0 Å². The Morgan fingerprint density at radius 1 is 1.40 bits per heavy atom. The third-order valence-corrected chi connectivity index (χ3v) is 8.23. The first-order chi connectivity index (χ1) is 8.97. The Hall–Kier alpha value is -0.883. The molecule has 1 aliphatic rings. The van der Waals surface area contributed by atoms with Gasteiger partial charge in [-0.25, -0.2) is 4.79 Å². The van der Waals surface area contributed by atoms with E-state index in [4.69, 9.17) is 5.11 Å². The van der Waals surface area contributed by atoms with E-state index in [2.05, 4.69) is 0 Å².